The second-order valence-electron chi connectivity index (χ2n) is 5.77. The summed E-state index contributed by atoms with van der Waals surface area (Å²) in [4.78, 5) is 10.8. The average Bonchev–Trinajstić information content (AvgIpc) is 2.62. The Bertz CT molecular complexity index is 1070. The zero-order valence-electron chi connectivity index (χ0n) is 13.8. The Morgan fingerprint density at radius 2 is 1.68 bits per heavy atom. The molecule has 1 heterocycles. The van der Waals surface area contributed by atoms with Crippen LogP contribution in [0.5, 0.6) is 11.5 Å². The number of aromatic nitrogens is 1. The third-order valence-electron chi connectivity index (χ3n) is 4.03. The van der Waals surface area contributed by atoms with Gasteiger partial charge in [0.1, 0.15) is 5.56 Å². The van der Waals surface area contributed by atoms with E-state index in [2.05, 4.69) is 0 Å². The molecular formula is C18H11F3N2O5. The van der Waals surface area contributed by atoms with E-state index >= 15 is 0 Å². The lowest BCUT2D eigenvalue weighted by Crippen LogP contribution is -2.26. The highest BCUT2D eigenvalue weighted by Gasteiger charge is 2.39. The van der Waals surface area contributed by atoms with Crippen molar-refractivity contribution in [2.24, 2.45) is 0 Å². The molecule has 0 aliphatic heterocycles. The van der Waals surface area contributed by atoms with Crippen molar-refractivity contribution in [3.8, 4) is 33.8 Å². The molecule has 3 rings (SSSR count). The van der Waals surface area contributed by atoms with Gasteiger partial charge < -0.3 is 15.4 Å². The van der Waals surface area contributed by atoms with Gasteiger partial charge >= 0.3 is 6.18 Å². The summed E-state index contributed by atoms with van der Waals surface area (Å²) in [6.45, 7) is 0. The molecule has 0 aliphatic rings. The van der Waals surface area contributed by atoms with E-state index in [-0.39, 0.29) is 15.9 Å². The number of benzene rings is 2. The Hall–Kier alpha value is -3.82. The molecule has 0 fully saturated rings. The van der Waals surface area contributed by atoms with Crippen LogP contribution in [-0.2, 0) is 6.18 Å². The number of nitro groups is 1. The van der Waals surface area contributed by atoms with E-state index in [1.165, 1.54) is 24.3 Å². The van der Waals surface area contributed by atoms with Crippen LogP contribution in [0.15, 0.2) is 54.9 Å². The number of nitrogens with zero attached hydrogens (tertiary/aromatic N) is 2. The minimum Gasteiger partial charge on any atom is -0.619 e. The summed E-state index contributed by atoms with van der Waals surface area (Å²) in [5.41, 5.74) is -4.07. The third kappa shape index (κ3) is 3.27. The number of alkyl halides is 3. The van der Waals surface area contributed by atoms with Gasteiger partial charge in [0.15, 0.2) is 23.9 Å². The second-order valence-corrected chi connectivity index (χ2v) is 5.77. The molecule has 0 unspecified atom stereocenters. The molecule has 0 spiro atoms. The predicted molar refractivity (Wildman–Crippen MR) is 91.3 cm³/mol. The van der Waals surface area contributed by atoms with Gasteiger partial charge in [0, 0.05) is 6.07 Å². The maximum Gasteiger partial charge on any atom is 0.417 e. The van der Waals surface area contributed by atoms with Crippen LogP contribution in [0.3, 0.4) is 0 Å². The summed E-state index contributed by atoms with van der Waals surface area (Å²) in [5.74, 6) is -2.00. The quantitative estimate of drug-likeness (QED) is 0.230. The lowest BCUT2D eigenvalue weighted by Gasteiger charge is -2.15. The molecule has 0 atom stereocenters. The summed E-state index contributed by atoms with van der Waals surface area (Å²) >= 11 is 0. The van der Waals surface area contributed by atoms with Crippen LogP contribution >= 0.6 is 0 Å². The standard InChI is InChI=1S/C18H11F3N2O5/c19-18(20,21)13-6-7-22(26)9-12(13)15-16(23(27)28)11(8-14(24)17(15)25)10-4-2-1-3-5-10/h1-9,24-25H. The van der Waals surface area contributed by atoms with Crippen LogP contribution in [0.4, 0.5) is 18.9 Å². The normalized spacial score (nSPS) is 11.4. The smallest absolute Gasteiger partial charge is 0.417 e. The van der Waals surface area contributed by atoms with Gasteiger partial charge in [0.05, 0.1) is 21.6 Å². The molecule has 2 N–H and O–H groups in total. The maximum absolute atomic E-state index is 13.4. The first-order valence-electron chi connectivity index (χ1n) is 7.70. The van der Waals surface area contributed by atoms with Crippen molar-refractivity contribution >= 4 is 5.69 Å². The monoisotopic (exact) mass is 392 g/mol. The molecule has 1 aromatic heterocycles. The zero-order valence-corrected chi connectivity index (χ0v) is 13.8. The fraction of sp³-hybridized carbons (Fsp3) is 0.0556. The highest BCUT2D eigenvalue weighted by atomic mass is 19.4. The number of phenolic OH excluding ortho intramolecular Hbond substituents is 2. The Labute approximate surface area is 155 Å². The molecule has 0 bridgehead atoms. The molecule has 0 saturated heterocycles. The van der Waals surface area contributed by atoms with Crippen molar-refractivity contribution in [2.45, 2.75) is 6.18 Å². The molecule has 0 saturated carbocycles. The van der Waals surface area contributed by atoms with E-state index in [4.69, 9.17) is 0 Å². The topological polar surface area (TPSA) is 111 Å². The van der Waals surface area contributed by atoms with Gasteiger partial charge in [0.25, 0.3) is 5.69 Å². The van der Waals surface area contributed by atoms with Crippen LogP contribution in [0, 0.1) is 15.3 Å². The molecule has 28 heavy (non-hydrogen) atoms. The van der Waals surface area contributed by atoms with Crippen molar-refractivity contribution in [2.75, 3.05) is 0 Å². The highest BCUT2D eigenvalue weighted by Crippen LogP contribution is 2.50. The van der Waals surface area contributed by atoms with E-state index < -0.39 is 45.0 Å². The van der Waals surface area contributed by atoms with Crippen molar-refractivity contribution in [3.63, 3.8) is 0 Å². The Morgan fingerprint density at radius 3 is 2.25 bits per heavy atom. The van der Waals surface area contributed by atoms with E-state index in [1.807, 2.05) is 0 Å². The molecular weight excluding hydrogens is 381 g/mol. The van der Waals surface area contributed by atoms with Gasteiger partial charge in [-0.2, -0.15) is 17.9 Å². The van der Waals surface area contributed by atoms with Gasteiger partial charge in [-0.05, 0) is 11.6 Å². The van der Waals surface area contributed by atoms with Gasteiger partial charge in [-0.25, -0.2) is 0 Å². The van der Waals surface area contributed by atoms with Gasteiger partial charge in [-0.3, -0.25) is 10.1 Å². The molecule has 144 valence electrons. The lowest BCUT2D eigenvalue weighted by molar-refractivity contribution is -0.605. The SMILES string of the molecule is O=[N+]([O-])c1c(-c2ccccc2)cc(O)c(O)c1-c1c[n+]([O-])ccc1C(F)(F)F. The van der Waals surface area contributed by atoms with Gasteiger partial charge in [0.2, 0.25) is 0 Å². The number of phenols is 2. The fourth-order valence-corrected chi connectivity index (χ4v) is 2.85. The number of pyridine rings is 1. The van der Waals surface area contributed by atoms with E-state index in [9.17, 15) is 38.7 Å². The van der Waals surface area contributed by atoms with Crippen molar-refractivity contribution in [1.29, 1.82) is 0 Å². The molecule has 7 nitrogen and oxygen atoms in total. The summed E-state index contributed by atoms with van der Waals surface area (Å²) in [5, 5.41) is 43.6. The van der Waals surface area contributed by atoms with E-state index in [0.717, 1.165) is 6.07 Å². The number of hydrogen-bond donors (Lipinski definition) is 2. The maximum atomic E-state index is 13.4. The first-order chi connectivity index (χ1) is 13.1. The summed E-state index contributed by atoms with van der Waals surface area (Å²) in [6, 6.07) is 8.93. The van der Waals surface area contributed by atoms with Gasteiger partial charge in [-0.15, -0.1) is 0 Å². The van der Waals surface area contributed by atoms with Crippen molar-refractivity contribution in [1.82, 2.24) is 0 Å². The predicted octanol–water partition coefficient (Wildman–Crippen LogP) is 3.99. The molecule has 3 aromatic rings. The first-order valence-corrected chi connectivity index (χ1v) is 7.70. The van der Waals surface area contributed by atoms with E-state index in [1.54, 1.807) is 6.07 Å². The molecule has 2 aromatic carbocycles. The van der Waals surface area contributed by atoms with Crippen LogP contribution < -0.4 is 4.73 Å². The van der Waals surface area contributed by atoms with Crippen LogP contribution in [-0.4, -0.2) is 15.1 Å². The van der Waals surface area contributed by atoms with Crippen LogP contribution in [0.25, 0.3) is 22.3 Å². The number of aromatic hydroxyl groups is 2. The van der Waals surface area contributed by atoms with Crippen molar-refractivity contribution < 1.29 is 33.0 Å². The Balaban J connectivity index is 2.48. The summed E-state index contributed by atoms with van der Waals surface area (Å²) < 4.78 is 40.3. The van der Waals surface area contributed by atoms with Gasteiger partial charge in [-0.1, -0.05) is 30.3 Å². The largest absolute Gasteiger partial charge is 0.619 e. The highest BCUT2D eigenvalue weighted by molar-refractivity contribution is 5.92. The zero-order chi connectivity index (χ0) is 20.6. The summed E-state index contributed by atoms with van der Waals surface area (Å²) in [7, 11) is 0. The van der Waals surface area contributed by atoms with Crippen LogP contribution in [0.1, 0.15) is 5.56 Å². The van der Waals surface area contributed by atoms with Crippen LogP contribution in [0.2, 0.25) is 0 Å². The Morgan fingerprint density at radius 1 is 1.04 bits per heavy atom. The first kappa shape index (κ1) is 19.0. The molecule has 0 radical (unpaired) electrons. The summed E-state index contributed by atoms with van der Waals surface area (Å²) in [6.07, 6.45) is -3.93. The fourth-order valence-electron chi connectivity index (χ4n) is 2.85. The number of hydrogen-bond acceptors (Lipinski definition) is 5. The number of halogens is 3. The minimum absolute atomic E-state index is 0.0139. The Kier molecular flexibility index (Phi) is 4.55. The number of nitro benzene ring substituents is 1. The lowest BCUT2D eigenvalue weighted by atomic mass is 9.93. The molecule has 0 aliphatic carbocycles. The van der Waals surface area contributed by atoms with E-state index in [0.29, 0.717) is 18.5 Å². The average molecular weight is 392 g/mol. The van der Waals surface area contributed by atoms with Crippen molar-refractivity contribution in [3.05, 3.63) is 75.7 Å². The second kappa shape index (κ2) is 6.72. The number of rotatable bonds is 3. The third-order valence-corrected chi connectivity index (χ3v) is 4.03. The molecule has 10 heteroatoms. The minimum atomic E-state index is -4.97. The molecule has 0 amide bonds.